The number of fused-ring (bicyclic) bond motifs is 1. The highest BCUT2D eigenvalue weighted by Gasteiger charge is 2.20. The van der Waals surface area contributed by atoms with E-state index >= 15 is 0 Å². The quantitative estimate of drug-likeness (QED) is 0.279. The van der Waals surface area contributed by atoms with Crippen LogP contribution in [0.3, 0.4) is 0 Å². The zero-order valence-electron chi connectivity index (χ0n) is 17.1. The smallest absolute Gasteiger partial charge is 0.327 e. The van der Waals surface area contributed by atoms with Crippen LogP contribution in [0.15, 0.2) is 34.0 Å². The van der Waals surface area contributed by atoms with Crippen LogP contribution in [0.1, 0.15) is 26.7 Å². The maximum Gasteiger partial charge on any atom is 0.327 e. The number of hydrogen-bond acceptors (Lipinski definition) is 9. The highest BCUT2D eigenvalue weighted by atomic mass is 32.2. The summed E-state index contributed by atoms with van der Waals surface area (Å²) in [4.78, 5) is 34.2. The predicted molar refractivity (Wildman–Crippen MR) is 113 cm³/mol. The van der Waals surface area contributed by atoms with E-state index in [1.54, 1.807) is 0 Å². The molecule has 3 rings (SSSR count). The molecule has 0 atom stereocenters. The highest BCUT2D eigenvalue weighted by molar-refractivity contribution is 7.91. The van der Waals surface area contributed by atoms with Crippen LogP contribution >= 0.6 is 0 Å². The molecule has 0 aliphatic carbocycles. The molecule has 0 aliphatic rings. The molecule has 0 saturated heterocycles. The lowest BCUT2D eigenvalue weighted by molar-refractivity contribution is -0.131. The van der Waals surface area contributed by atoms with Gasteiger partial charge in [-0.1, -0.05) is 19.4 Å². The molecule has 0 spiro atoms. The minimum absolute atomic E-state index is 0.0168. The summed E-state index contributed by atoms with van der Waals surface area (Å²) in [7, 11) is -3.79. The predicted octanol–water partition coefficient (Wildman–Crippen LogP) is 1.28. The van der Waals surface area contributed by atoms with Gasteiger partial charge in [-0.2, -0.15) is 9.97 Å². The van der Waals surface area contributed by atoms with Gasteiger partial charge in [0.2, 0.25) is 0 Å². The maximum absolute atomic E-state index is 12.8. The van der Waals surface area contributed by atoms with Crippen molar-refractivity contribution in [3.05, 3.63) is 34.7 Å². The number of aryl methyl sites for hydroxylation is 1. The van der Waals surface area contributed by atoms with E-state index in [1.807, 2.05) is 6.92 Å². The molecule has 2 aromatic heterocycles. The van der Waals surface area contributed by atoms with Gasteiger partial charge in [0.05, 0.1) is 17.3 Å². The molecule has 11 nitrogen and oxygen atoms in total. The molecular weight excluding hydrogens is 426 g/mol. The van der Waals surface area contributed by atoms with Gasteiger partial charge in [0, 0.05) is 13.5 Å². The second-order valence-electron chi connectivity index (χ2n) is 6.76. The topological polar surface area (TPSA) is 159 Å². The molecule has 12 heteroatoms. The molecule has 3 N–H and O–H groups in total. The summed E-state index contributed by atoms with van der Waals surface area (Å²) in [6.45, 7) is 3.44. The Morgan fingerprint density at radius 2 is 2.06 bits per heavy atom. The van der Waals surface area contributed by atoms with Crippen molar-refractivity contribution in [2.75, 3.05) is 18.1 Å². The molecule has 0 amide bonds. The number of unbranched alkanes of at least 4 members (excludes halogenated alkanes) is 1. The van der Waals surface area contributed by atoms with Gasteiger partial charge >= 0.3 is 17.7 Å². The minimum Gasteiger partial charge on any atom is -0.463 e. The molecule has 0 bridgehead atoms. The third kappa shape index (κ3) is 5.20. The number of nitrogens with two attached hydrogens (primary N) is 1. The number of benzene rings is 1. The molecular formula is C19H23N5O6S. The van der Waals surface area contributed by atoms with Gasteiger partial charge in [0.1, 0.15) is 11.3 Å². The number of hydrogen-bond donors (Lipinski definition) is 2. The summed E-state index contributed by atoms with van der Waals surface area (Å²) in [6.07, 6.45) is 1.72. The number of H-pyrrole nitrogens is 1. The summed E-state index contributed by atoms with van der Waals surface area (Å²) in [5.74, 6) is -0.801. The SMILES string of the molecule is CCCCOc1nc(N)c2[nH]c(=O)n(CCS(=O)(=O)c3cccc(OC(C)=O)c3)c2n1. The highest BCUT2D eigenvalue weighted by Crippen LogP contribution is 2.21. The Morgan fingerprint density at radius 3 is 2.77 bits per heavy atom. The lowest BCUT2D eigenvalue weighted by atomic mass is 10.3. The van der Waals surface area contributed by atoms with Crippen molar-refractivity contribution in [1.82, 2.24) is 19.5 Å². The average molecular weight is 449 g/mol. The fourth-order valence-electron chi connectivity index (χ4n) is 2.84. The van der Waals surface area contributed by atoms with Crippen LogP contribution in [0, 0.1) is 0 Å². The van der Waals surface area contributed by atoms with Crippen molar-refractivity contribution in [3.8, 4) is 11.8 Å². The van der Waals surface area contributed by atoms with Crippen LogP contribution in [-0.2, 0) is 21.2 Å². The number of nitrogens with one attached hydrogen (secondary N) is 1. The van der Waals surface area contributed by atoms with Gasteiger partial charge in [-0.05, 0) is 24.6 Å². The number of carbonyl (C=O) groups excluding carboxylic acids is 1. The average Bonchev–Trinajstić information content (AvgIpc) is 3.02. The zero-order chi connectivity index (χ0) is 22.6. The summed E-state index contributed by atoms with van der Waals surface area (Å²) < 4.78 is 37.1. The van der Waals surface area contributed by atoms with Crippen LogP contribution in [0.2, 0.25) is 0 Å². The maximum atomic E-state index is 12.8. The van der Waals surface area contributed by atoms with Crippen LogP contribution in [-0.4, -0.2) is 46.3 Å². The van der Waals surface area contributed by atoms with E-state index in [4.69, 9.17) is 15.2 Å². The Bertz CT molecular complexity index is 1260. The van der Waals surface area contributed by atoms with Crippen molar-refractivity contribution in [2.45, 2.75) is 38.1 Å². The first-order valence-electron chi connectivity index (χ1n) is 9.61. The van der Waals surface area contributed by atoms with Crippen LogP contribution < -0.4 is 20.9 Å². The number of nitrogens with zero attached hydrogens (tertiary/aromatic N) is 3. The number of imidazole rings is 1. The number of ether oxygens (including phenoxy) is 2. The van der Waals surface area contributed by atoms with Gasteiger partial charge in [-0.15, -0.1) is 0 Å². The Labute approximate surface area is 178 Å². The first kappa shape index (κ1) is 22.3. The van der Waals surface area contributed by atoms with Gasteiger partial charge in [-0.25, -0.2) is 13.2 Å². The first-order valence-corrected chi connectivity index (χ1v) is 11.3. The van der Waals surface area contributed by atoms with Crippen molar-refractivity contribution in [2.24, 2.45) is 0 Å². The Kier molecular flexibility index (Phi) is 6.59. The van der Waals surface area contributed by atoms with E-state index in [9.17, 15) is 18.0 Å². The molecule has 0 unspecified atom stereocenters. The molecule has 166 valence electrons. The van der Waals surface area contributed by atoms with Gasteiger partial charge in [0.15, 0.2) is 21.3 Å². The largest absolute Gasteiger partial charge is 0.463 e. The van der Waals surface area contributed by atoms with E-state index in [2.05, 4.69) is 15.0 Å². The summed E-state index contributed by atoms with van der Waals surface area (Å²) >= 11 is 0. The summed E-state index contributed by atoms with van der Waals surface area (Å²) in [5, 5.41) is 0. The van der Waals surface area contributed by atoms with Gasteiger partial charge in [-0.3, -0.25) is 9.36 Å². The fourth-order valence-corrected chi connectivity index (χ4v) is 4.08. The number of sulfone groups is 1. The van der Waals surface area contributed by atoms with Crippen LogP contribution in [0.25, 0.3) is 11.2 Å². The Hall–Kier alpha value is -3.41. The second-order valence-corrected chi connectivity index (χ2v) is 8.87. The number of nitrogen functional groups attached to an aromatic ring is 1. The van der Waals surface area contributed by atoms with Crippen molar-refractivity contribution < 1.29 is 22.7 Å². The zero-order valence-corrected chi connectivity index (χ0v) is 17.9. The number of carbonyl (C=O) groups is 1. The number of aromatic amines is 1. The first-order chi connectivity index (χ1) is 14.7. The van der Waals surface area contributed by atoms with Crippen LogP contribution in [0.4, 0.5) is 5.82 Å². The molecule has 0 radical (unpaired) electrons. The lowest BCUT2D eigenvalue weighted by Gasteiger charge is -2.08. The Morgan fingerprint density at radius 1 is 1.29 bits per heavy atom. The third-order valence-corrected chi connectivity index (χ3v) is 6.06. The van der Waals surface area contributed by atoms with Crippen molar-refractivity contribution in [1.29, 1.82) is 0 Å². The summed E-state index contributed by atoms with van der Waals surface area (Å²) in [6, 6.07) is 5.61. The molecule has 3 aromatic rings. The normalized spacial score (nSPS) is 11.5. The number of aromatic nitrogens is 4. The van der Waals surface area contributed by atoms with E-state index < -0.39 is 21.5 Å². The minimum atomic E-state index is -3.79. The lowest BCUT2D eigenvalue weighted by Crippen LogP contribution is -2.22. The number of rotatable bonds is 9. The number of anilines is 1. The number of esters is 1. The van der Waals surface area contributed by atoms with E-state index in [0.29, 0.717) is 6.61 Å². The second kappa shape index (κ2) is 9.16. The van der Waals surface area contributed by atoms with Gasteiger partial charge in [0.25, 0.3) is 0 Å². The molecule has 2 heterocycles. The van der Waals surface area contributed by atoms with E-state index in [0.717, 1.165) is 12.8 Å². The molecule has 1 aromatic carbocycles. The fraction of sp³-hybridized carbons (Fsp3) is 0.368. The molecule has 0 saturated carbocycles. The van der Waals surface area contributed by atoms with Crippen LogP contribution in [0.5, 0.6) is 11.8 Å². The monoisotopic (exact) mass is 449 g/mol. The summed E-state index contributed by atoms with van der Waals surface area (Å²) in [5.41, 5.74) is 5.70. The standard InChI is InChI=1S/C19H23N5O6S/c1-3-4-9-29-18-22-16(20)15-17(23-18)24(19(26)21-15)8-10-31(27,28)14-7-5-6-13(11-14)30-12(2)25/h5-7,11H,3-4,8-10H2,1-2H3,(H,21,26)(H2,20,22,23). The van der Waals surface area contributed by atoms with Crippen molar-refractivity contribution >= 4 is 32.8 Å². The third-order valence-electron chi connectivity index (χ3n) is 4.37. The Balaban J connectivity index is 1.86. The van der Waals surface area contributed by atoms with Crippen molar-refractivity contribution in [3.63, 3.8) is 0 Å². The molecule has 31 heavy (non-hydrogen) atoms. The van der Waals surface area contributed by atoms with Gasteiger partial charge < -0.3 is 20.2 Å². The van der Waals surface area contributed by atoms with E-state index in [1.165, 1.54) is 35.8 Å². The van der Waals surface area contributed by atoms with E-state index in [-0.39, 0.29) is 45.9 Å². The molecule has 0 fully saturated rings. The molecule has 0 aliphatic heterocycles.